The van der Waals surface area contributed by atoms with Gasteiger partial charge in [0, 0.05) is 97.6 Å². The molecule has 0 aliphatic carbocycles. The van der Waals surface area contributed by atoms with Crippen molar-refractivity contribution in [1.29, 1.82) is 0 Å². The van der Waals surface area contributed by atoms with Gasteiger partial charge >= 0.3 is 0 Å². The van der Waals surface area contributed by atoms with Crippen LogP contribution in [0.3, 0.4) is 0 Å². The topological polar surface area (TPSA) is 108 Å². The Kier molecular flexibility index (Phi) is 9.48. The number of hydrogen-bond acceptors (Lipinski definition) is 7. The first-order chi connectivity index (χ1) is 23.7. The van der Waals surface area contributed by atoms with E-state index in [0.29, 0.717) is 88.6 Å². The predicted molar refractivity (Wildman–Crippen MR) is 190 cm³/mol. The molecule has 4 N–H and O–H groups in total. The number of rotatable bonds is 11. The van der Waals surface area contributed by atoms with Crippen LogP contribution in [0.2, 0.25) is 10.0 Å². The first-order valence-electron chi connectivity index (χ1n) is 16.4. The summed E-state index contributed by atoms with van der Waals surface area (Å²) >= 11 is 14.0. The zero-order valence-corrected chi connectivity index (χ0v) is 28.6. The van der Waals surface area contributed by atoms with E-state index in [1.54, 1.807) is 31.5 Å². The third-order valence-corrected chi connectivity index (χ3v) is 10.4. The minimum Gasteiger partial charge on any atom is -0.496 e. The number of methoxy groups -OCH3 is 1. The predicted octanol–water partition coefficient (Wildman–Crippen LogP) is 6.30. The van der Waals surface area contributed by atoms with Crippen LogP contribution in [0.25, 0.3) is 22.4 Å². The largest absolute Gasteiger partial charge is 0.496 e. The number of likely N-dealkylation sites (tertiary alicyclic amines) is 1. The second kappa shape index (κ2) is 14.0. The van der Waals surface area contributed by atoms with Gasteiger partial charge in [0.05, 0.1) is 34.2 Å². The summed E-state index contributed by atoms with van der Waals surface area (Å²) in [5.41, 5.74) is 5.10. The van der Waals surface area contributed by atoms with E-state index in [-0.39, 0.29) is 29.1 Å². The molecule has 1 atom stereocenters. The van der Waals surface area contributed by atoms with Gasteiger partial charge in [0.15, 0.2) is 5.82 Å². The van der Waals surface area contributed by atoms with E-state index in [2.05, 4.69) is 31.2 Å². The number of nitrogens with zero attached hydrogens (tertiary/aromatic N) is 2. The third-order valence-electron chi connectivity index (χ3n) is 9.59. The van der Waals surface area contributed by atoms with Crippen molar-refractivity contribution >= 4 is 46.4 Å². The molecule has 0 radical (unpaired) electrons. The van der Waals surface area contributed by atoms with Gasteiger partial charge in [-0.2, -0.15) is 0 Å². The molecule has 3 saturated heterocycles. The molecule has 1 aromatic heterocycles. The van der Waals surface area contributed by atoms with E-state index in [4.69, 9.17) is 27.9 Å². The number of pyridine rings is 1. The van der Waals surface area contributed by atoms with Crippen LogP contribution in [0.5, 0.6) is 5.75 Å². The lowest BCUT2D eigenvalue weighted by Crippen LogP contribution is -2.56. The molecule has 3 aliphatic heterocycles. The van der Waals surface area contributed by atoms with E-state index < -0.39 is 0 Å². The van der Waals surface area contributed by atoms with Crippen LogP contribution in [0.4, 0.5) is 15.8 Å². The van der Waals surface area contributed by atoms with Crippen LogP contribution < -0.4 is 26.0 Å². The van der Waals surface area contributed by atoms with Gasteiger partial charge < -0.3 is 26.0 Å². The molecule has 1 spiro atoms. The lowest BCUT2D eigenvalue weighted by molar-refractivity contribution is -0.121. The molecule has 3 aromatic carbocycles. The number of carbonyl (C=O) groups excluding carboxylic acids is 2. The summed E-state index contributed by atoms with van der Waals surface area (Å²) in [6, 6.07) is 18.6. The van der Waals surface area contributed by atoms with Crippen LogP contribution >= 0.6 is 23.2 Å². The first kappa shape index (κ1) is 33.3. The number of halogens is 3. The fourth-order valence-corrected chi connectivity index (χ4v) is 7.71. The lowest BCUT2D eigenvalue weighted by atomic mass is 9.79. The lowest BCUT2D eigenvalue weighted by Gasteiger charge is -2.47. The number of benzene rings is 3. The second-order valence-corrected chi connectivity index (χ2v) is 13.9. The molecule has 0 saturated carbocycles. The monoisotopic (exact) mass is 702 g/mol. The summed E-state index contributed by atoms with van der Waals surface area (Å²) in [6.45, 7) is 3.94. The number of anilines is 2. The zero-order chi connectivity index (χ0) is 34.1. The summed E-state index contributed by atoms with van der Waals surface area (Å²) in [7, 11) is 1.62. The van der Waals surface area contributed by atoms with Crippen molar-refractivity contribution in [2.45, 2.75) is 38.4 Å². The summed E-state index contributed by atoms with van der Waals surface area (Å²) < 4.78 is 21.5. The number of ether oxygens (including phenoxy) is 1. The molecule has 0 bridgehead atoms. The van der Waals surface area contributed by atoms with Crippen LogP contribution in [-0.4, -0.2) is 61.0 Å². The van der Waals surface area contributed by atoms with Crippen LogP contribution in [-0.2, 0) is 22.7 Å². The number of carbonyl (C=O) groups is 2. The summed E-state index contributed by atoms with van der Waals surface area (Å²) in [5, 5.41) is 13.3. The van der Waals surface area contributed by atoms with Crippen molar-refractivity contribution in [3.63, 3.8) is 0 Å². The summed E-state index contributed by atoms with van der Waals surface area (Å²) in [4.78, 5) is 30.0. The fourth-order valence-electron chi connectivity index (χ4n) is 7.11. The van der Waals surface area contributed by atoms with Crippen molar-refractivity contribution < 1.29 is 18.7 Å². The minimum atomic E-state index is -0.340. The van der Waals surface area contributed by atoms with Gasteiger partial charge in [0.25, 0.3) is 0 Å². The number of nitrogens with one attached hydrogen (secondary N) is 4. The Labute approximate surface area is 294 Å². The molecule has 9 nitrogen and oxygen atoms in total. The first-order valence-corrected chi connectivity index (χ1v) is 17.1. The highest BCUT2D eigenvalue weighted by Gasteiger charge is 2.47. The molecular formula is C37H37Cl2FN6O3. The Hall–Kier alpha value is -4.22. The maximum Gasteiger partial charge on any atom is 0.220 e. The zero-order valence-electron chi connectivity index (χ0n) is 27.0. The molecule has 0 unspecified atom stereocenters. The van der Waals surface area contributed by atoms with Crippen LogP contribution in [0.1, 0.15) is 30.4 Å². The van der Waals surface area contributed by atoms with Crippen LogP contribution in [0.15, 0.2) is 66.9 Å². The Balaban J connectivity index is 1.07. The third kappa shape index (κ3) is 6.96. The van der Waals surface area contributed by atoms with E-state index >= 15 is 4.39 Å². The Morgan fingerprint density at radius 3 is 2.55 bits per heavy atom. The van der Waals surface area contributed by atoms with Gasteiger partial charge in [-0.1, -0.05) is 59.6 Å². The highest BCUT2D eigenvalue weighted by Crippen LogP contribution is 2.42. The summed E-state index contributed by atoms with van der Waals surface area (Å²) in [6.07, 6.45) is 3.62. The Bertz CT molecular complexity index is 1920. The highest BCUT2D eigenvalue weighted by atomic mass is 35.5. The fraction of sp³-hybridized carbons (Fsp3) is 0.324. The molecule has 7 rings (SSSR count). The highest BCUT2D eigenvalue weighted by molar-refractivity contribution is 6.39. The molecule has 49 heavy (non-hydrogen) atoms. The number of hydrogen-bond donors (Lipinski definition) is 4. The maximum atomic E-state index is 15.8. The molecule has 2 amide bonds. The second-order valence-electron chi connectivity index (χ2n) is 13.2. The number of aromatic nitrogens is 1. The standard InChI is InChI=1S/C37H37Cl2FN6O3/c1-49-30-14-22(8-9-23(30)16-41-17-25-10-11-31(47)44-25)36-34(39)27(12-13-42-36)26-5-3-6-28(33(26)38)45-29-7-2-4-24(35(29)40)18-46-20-37(21-46)15-32(48)43-19-37/h2-9,12-14,25,41,45H,10-11,15-21H2,1H3,(H,43,48)(H,44,47)/t25-/m1/s1. The molecule has 12 heteroatoms. The molecule has 4 heterocycles. The molecule has 3 fully saturated rings. The quantitative estimate of drug-likeness (QED) is 0.145. The molecule has 4 aromatic rings. The minimum absolute atomic E-state index is 0.0186. The van der Waals surface area contributed by atoms with Crippen molar-refractivity contribution in [3.8, 4) is 28.1 Å². The van der Waals surface area contributed by atoms with Gasteiger partial charge in [-0.3, -0.25) is 19.5 Å². The average Bonchev–Trinajstić information content (AvgIpc) is 3.69. The van der Waals surface area contributed by atoms with Gasteiger partial charge in [0.2, 0.25) is 11.8 Å². The van der Waals surface area contributed by atoms with Gasteiger partial charge in [-0.25, -0.2) is 4.39 Å². The van der Waals surface area contributed by atoms with Gasteiger partial charge in [-0.05, 0) is 30.7 Å². The van der Waals surface area contributed by atoms with Gasteiger partial charge in [-0.15, -0.1) is 0 Å². The van der Waals surface area contributed by atoms with E-state index in [1.165, 1.54) is 0 Å². The van der Waals surface area contributed by atoms with Crippen LogP contribution in [0, 0.1) is 11.2 Å². The van der Waals surface area contributed by atoms with Gasteiger partial charge in [0.1, 0.15) is 5.75 Å². The van der Waals surface area contributed by atoms with E-state index in [0.717, 1.165) is 30.6 Å². The van der Waals surface area contributed by atoms with E-state index in [9.17, 15) is 9.59 Å². The SMILES string of the molecule is COc1cc(-c2nccc(-c3cccc(Nc4cccc(CN5CC6(CNC(=O)C6)C5)c4F)c3Cl)c2Cl)ccc1CNC[C@H]1CCC(=O)N1. The molecule has 254 valence electrons. The Morgan fingerprint density at radius 1 is 1.00 bits per heavy atom. The Morgan fingerprint density at radius 2 is 1.80 bits per heavy atom. The molecule has 3 aliphatic rings. The van der Waals surface area contributed by atoms with Crippen molar-refractivity contribution in [2.75, 3.05) is 38.6 Å². The van der Waals surface area contributed by atoms with Crippen molar-refractivity contribution in [2.24, 2.45) is 5.41 Å². The smallest absolute Gasteiger partial charge is 0.220 e. The van der Waals surface area contributed by atoms with Crippen molar-refractivity contribution in [1.82, 2.24) is 25.8 Å². The number of amides is 2. The molecular weight excluding hydrogens is 666 g/mol. The summed E-state index contributed by atoms with van der Waals surface area (Å²) in [5.74, 6) is 0.537. The normalized spacial score (nSPS) is 18.3. The maximum absolute atomic E-state index is 15.8. The van der Waals surface area contributed by atoms with Crippen molar-refractivity contribution in [3.05, 3.63) is 93.8 Å². The average molecular weight is 704 g/mol. The van der Waals surface area contributed by atoms with E-state index in [1.807, 2.05) is 42.5 Å².